The number of rotatable bonds is 12. The molecule has 31 heavy (non-hydrogen) atoms. The van der Waals surface area contributed by atoms with E-state index in [0.29, 0.717) is 24.0 Å². The number of carbonyl (C=O) groups is 4. The summed E-state index contributed by atoms with van der Waals surface area (Å²) in [5, 5.41) is 0. The van der Waals surface area contributed by atoms with Crippen LogP contribution in [0.2, 0.25) is 0 Å². The predicted molar refractivity (Wildman–Crippen MR) is 113 cm³/mol. The molecule has 0 atom stereocenters. The van der Waals surface area contributed by atoms with E-state index >= 15 is 0 Å². The Bertz CT molecular complexity index is 885. The van der Waals surface area contributed by atoms with Crippen molar-refractivity contribution in [1.29, 1.82) is 0 Å². The Hall–Kier alpha value is -3.36. The van der Waals surface area contributed by atoms with Crippen molar-refractivity contribution >= 4 is 23.4 Å². The molecule has 0 aliphatic heterocycles. The second-order valence-corrected chi connectivity index (χ2v) is 6.94. The molecule has 2 aromatic rings. The molecule has 0 bridgehead atoms. The third-order valence-electron chi connectivity index (χ3n) is 4.72. The molecule has 0 heterocycles. The lowest BCUT2D eigenvalue weighted by molar-refractivity contribution is -0.164. The van der Waals surface area contributed by atoms with E-state index in [-0.39, 0.29) is 18.9 Å². The van der Waals surface area contributed by atoms with Gasteiger partial charge >= 0.3 is 0 Å². The molecule has 2 N–H and O–H groups in total. The van der Waals surface area contributed by atoms with Gasteiger partial charge < -0.3 is 0 Å². The van der Waals surface area contributed by atoms with Crippen LogP contribution in [0, 0.1) is 0 Å². The molecule has 0 aromatic heterocycles. The van der Waals surface area contributed by atoms with Crippen molar-refractivity contribution < 1.29 is 28.9 Å². The Morgan fingerprint density at radius 2 is 1.23 bits per heavy atom. The average molecular weight is 426 g/mol. The number of hydrogen-bond acceptors (Lipinski definition) is 6. The van der Waals surface area contributed by atoms with Crippen LogP contribution >= 0.6 is 0 Å². The summed E-state index contributed by atoms with van der Waals surface area (Å²) in [5.74, 6) is -1.94. The third kappa shape index (κ3) is 6.84. The van der Waals surface area contributed by atoms with Crippen LogP contribution in [0.3, 0.4) is 0 Å². The van der Waals surface area contributed by atoms with Crippen LogP contribution in [-0.4, -0.2) is 35.6 Å². The molecule has 8 heteroatoms. The summed E-state index contributed by atoms with van der Waals surface area (Å²) in [5.41, 5.74) is 3.59. The number of ketones is 2. The number of amides is 2. The highest BCUT2D eigenvalue weighted by Gasteiger charge is 2.42. The lowest BCUT2D eigenvalue weighted by Gasteiger charge is -2.28. The van der Waals surface area contributed by atoms with E-state index in [1.165, 1.54) is 13.8 Å². The molecule has 2 aromatic carbocycles. The van der Waals surface area contributed by atoms with Gasteiger partial charge in [-0.25, -0.2) is 11.0 Å². The van der Waals surface area contributed by atoms with Crippen LogP contribution in [0.1, 0.15) is 53.8 Å². The highest BCUT2D eigenvalue weighted by Crippen LogP contribution is 2.22. The maximum absolute atomic E-state index is 12.2. The van der Waals surface area contributed by atoms with Crippen molar-refractivity contribution in [3.63, 3.8) is 0 Å². The Balaban J connectivity index is 1.83. The summed E-state index contributed by atoms with van der Waals surface area (Å²) in [6, 6.07) is 16.9. The first-order valence-electron chi connectivity index (χ1n) is 9.89. The highest BCUT2D eigenvalue weighted by molar-refractivity contribution is 6.08. The van der Waals surface area contributed by atoms with Gasteiger partial charge in [0.1, 0.15) is 0 Å². The quantitative estimate of drug-likeness (QED) is 0.307. The predicted octanol–water partition coefficient (Wildman–Crippen LogP) is 2.80. The molecule has 0 unspecified atom stereocenters. The van der Waals surface area contributed by atoms with Crippen molar-refractivity contribution in [3.8, 4) is 0 Å². The molecular weight excluding hydrogens is 400 g/mol. The second-order valence-electron chi connectivity index (χ2n) is 6.94. The third-order valence-corrected chi connectivity index (χ3v) is 4.72. The number of benzene rings is 2. The molecule has 2 amide bonds. The number of carbonyl (C=O) groups excluding carboxylic acids is 4. The van der Waals surface area contributed by atoms with Crippen LogP contribution in [0.25, 0.3) is 0 Å². The van der Waals surface area contributed by atoms with E-state index in [0.717, 1.165) is 0 Å². The lowest BCUT2D eigenvalue weighted by Crippen LogP contribution is -2.51. The van der Waals surface area contributed by atoms with E-state index in [1.807, 2.05) is 0 Å². The van der Waals surface area contributed by atoms with Gasteiger partial charge in [0.2, 0.25) is 5.60 Å². The molecule has 0 saturated carbocycles. The summed E-state index contributed by atoms with van der Waals surface area (Å²) in [6.07, 6.45) is 0.900. The van der Waals surface area contributed by atoms with Gasteiger partial charge in [0.15, 0.2) is 11.6 Å². The minimum absolute atomic E-state index is 0.0583. The van der Waals surface area contributed by atoms with Crippen molar-refractivity contribution in [3.05, 3.63) is 71.8 Å². The van der Waals surface area contributed by atoms with Crippen LogP contribution in [-0.2, 0) is 19.3 Å². The topological polar surface area (TPSA) is 111 Å². The van der Waals surface area contributed by atoms with Crippen LogP contribution in [0.5, 0.6) is 0 Å². The first-order valence-corrected chi connectivity index (χ1v) is 9.89. The van der Waals surface area contributed by atoms with E-state index in [9.17, 15) is 19.2 Å². The number of nitrogens with one attached hydrogen (secondary N) is 2. The minimum Gasteiger partial charge on any atom is -0.296 e. The van der Waals surface area contributed by atoms with E-state index < -0.39 is 23.1 Å². The van der Waals surface area contributed by atoms with Gasteiger partial charge in [0.05, 0.1) is 6.61 Å². The first kappa shape index (κ1) is 23.9. The molecule has 0 fully saturated rings. The van der Waals surface area contributed by atoms with Gasteiger partial charge in [-0.05, 0) is 57.4 Å². The highest BCUT2D eigenvalue weighted by atomic mass is 16.7. The smallest absolute Gasteiger partial charge is 0.274 e. The Labute approximate surface area is 180 Å². The Morgan fingerprint density at radius 3 is 1.71 bits per heavy atom. The second kappa shape index (κ2) is 11.7. The largest absolute Gasteiger partial charge is 0.296 e. The molecule has 2 rings (SSSR count). The van der Waals surface area contributed by atoms with Gasteiger partial charge in [-0.3, -0.25) is 28.9 Å². The van der Waals surface area contributed by atoms with Crippen molar-refractivity contribution in [2.45, 2.75) is 38.7 Å². The average Bonchev–Trinajstić information content (AvgIpc) is 2.78. The fourth-order valence-electron chi connectivity index (χ4n) is 2.89. The molecule has 164 valence electrons. The monoisotopic (exact) mass is 426 g/mol. The van der Waals surface area contributed by atoms with Gasteiger partial charge in [-0.2, -0.15) is 0 Å². The SMILES string of the molecule is CC(=O)C(CCCCONC(=O)c1ccccc1)(ONC(=O)c1ccccc1)C(C)=O. The van der Waals surface area contributed by atoms with Gasteiger partial charge in [-0.1, -0.05) is 36.4 Å². The summed E-state index contributed by atoms with van der Waals surface area (Å²) in [7, 11) is 0. The number of unbranched alkanes of at least 4 members (excludes halogenated alkanes) is 1. The fraction of sp³-hybridized carbons (Fsp3) is 0.304. The summed E-state index contributed by atoms with van der Waals surface area (Å²) < 4.78 is 0. The van der Waals surface area contributed by atoms with Crippen LogP contribution in [0.15, 0.2) is 60.7 Å². The summed E-state index contributed by atoms with van der Waals surface area (Å²) >= 11 is 0. The zero-order valence-corrected chi connectivity index (χ0v) is 17.6. The fourth-order valence-corrected chi connectivity index (χ4v) is 2.89. The molecule has 0 aliphatic carbocycles. The van der Waals surface area contributed by atoms with Crippen LogP contribution < -0.4 is 11.0 Å². The van der Waals surface area contributed by atoms with E-state index in [2.05, 4.69) is 11.0 Å². The number of hydrogen-bond donors (Lipinski definition) is 2. The lowest BCUT2D eigenvalue weighted by atomic mass is 9.89. The molecule has 0 spiro atoms. The maximum atomic E-state index is 12.2. The van der Waals surface area contributed by atoms with Gasteiger partial charge in [-0.15, -0.1) is 0 Å². The number of hydroxylamine groups is 2. The minimum atomic E-state index is -1.78. The van der Waals surface area contributed by atoms with Crippen molar-refractivity contribution in [2.24, 2.45) is 0 Å². The van der Waals surface area contributed by atoms with Crippen molar-refractivity contribution in [2.75, 3.05) is 6.61 Å². The Morgan fingerprint density at radius 1 is 0.742 bits per heavy atom. The molecule has 0 radical (unpaired) electrons. The zero-order chi connectivity index (χ0) is 22.7. The molecule has 8 nitrogen and oxygen atoms in total. The van der Waals surface area contributed by atoms with Crippen molar-refractivity contribution in [1.82, 2.24) is 11.0 Å². The zero-order valence-electron chi connectivity index (χ0n) is 17.6. The normalized spacial score (nSPS) is 10.9. The Kier molecular flexibility index (Phi) is 9.05. The van der Waals surface area contributed by atoms with Crippen LogP contribution in [0.4, 0.5) is 0 Å². The van der Waals surface area contributed by atoms with E-state index in [4.69, 9.17) is 9.68 Å². The summed E-state index contributed by atoms with van der Waals surface area (Å²) in [4.78, 5) is 59.1. The standard InChI is InChI=1S/C23H26N2O6/c1-17(26)23(18(2)27,31-25-22(29)20-13-7-4-8-14-20)15-9-10-16-30-24-21(28)19-11-5-3-6-12-19/h3-8,11-14H,9-10,15-16H2,1-2H3,(H,24,28)(H,25,29). The first-order chi connectivity index (χ1) is 14.9. The molecular formula is C23H26N2O6. The number of Topliss-reactive ketones (excluding diaryl/α,β-unsaturated/α-hetero) is 2. The molecule has 0 aliphatic rings. The van der Waals surface area contributed by atoms with Gasteiger partial charge in [0, 0.05) is 11.1 Å². The molecule has 0 saturated heterocycles. The van der Waals surface area contributed by atoms with Gasteiger partial charge in [0.25, 0.3) is 11.8 Å². The summed E-state index contributed by atoms with van der Waals surface area (Å²) in [6.45, 7) is 2.67. The maximum Gasteiger partial charge on any atom is 0.274 e. The van der Waals surface area contributed by atoms with E-state index in [1.54, 1.807) is 60.7 Å².